The Morgan fingerprint density at radius 1 is 0.280 bits per heavy atom. The lowest BCUT2D eigenvalue weighted by Crippen LogP contribution is -2.61. The summed E-state index contributed by atoms with van der Waals surface area (Å²) < 4.78 is 0. The van der Waals surface area contributed by atoms with Crippen molar-refractivity contribution < 1.29 is 0 Å². The number of hydrogen-bond acceptors (Lipinski definition) is 2. The van der Waals surface area contributed by atoms with Crippen LogP contribution in [0.25, 0.3) is 55.6 Å². The molecular weight excluding hydrogens is 904 g/mol. The zero-order valence-corrected chi connectivity index (χ0v) is 42.8. The highest BCUT2D eigenvalue weighted by Gasteiger charge is 2.46. The Balaban J connectivity index is 1.08. The largest absolute Gasteiger partial charge is 0.311 e. The minimum Gasteiger partial charge on any atom is -0.311 e. The molecule has 0 spiro atoms. The molecule has 0 saturated carbocycles. The summed E-state index contributed by atoms with van der Waals surface area (Å²) in [6.07, 6.45) is 0. The smallest absolute Gasteiger partial charge is 0.252 e. The van der Waals surface area contributed by atoms with Crippen LogP contribution >= 0.6 is 0 Å². The first kappa shape index (κ1) is 44.8. The quantitative estimate of drug-likeness (QED) is 0.147. The predicted octanol–water partition coefficient (Wildman–Crippen LogP) is 17.1. The molecule has 0 bridgehead atoms. The van der Waals surface area contributed by atoms with Crippen molar-refractivity contribution >= 4 is 57.2 Å². The molecule has 0 radical (unpaired) electrons. The van der Waals surface area contributed by atoms with E-state index in [1.807, 2.05) is 0 Å². The van der Waals surface area contributed by atoms with Crippen molar-refractivity contribution in [2.24, 2.45) is 0 Å². The SMILES string of the molecule is CC1(C)c2ccccc2C(C)(C)c2c(-c3ccc4c(c3)B3c5cc(-c6ccccc6)ccc5N(c5ccccc5-c5ccccc5)c5cc(-c6ccccc6)cc(c53)N4c3ccc(-c4ccccc4)cc3)cccc21. The fourth-order valence-corrected chi connectivity index (χ4v) is 13.1. The van der Waals surface area contributed by atoms with Gasteiger partial charge in [0.1, 0.15) is 0 Å². The molecular formula is C72H55BN2. The second-order valence-electron chi connectivity index (χ2n) is 21.6. The average molecular weight is 959 g/mol. The molecule has 14 rings (SSSR count). The number of benzene rings is 11. The molecule has 3 heteroatoms. The summed E-state index contributed by atoms with van der Waals surface area (Å²) in [6, 6.07) is 97.4. The first-order valence-corrected chi connectivity index (χ1v) is 26.5. The van der Waals surface area contributed by atoms with Crippen molar-refractivity contribution in [1.82, 2.24) is 0 Å². The first-order chi connectivity index (χ1) is 36.7. The van der Waals surface area contributed by atoms with Gasteiger partial charge in [-0.05, 0) is 131 Å². The molecule has 0 saturated heterocycles. The van der Waals surface area contributed by atoms with Gasteiger partial charge in [-0.3, -0.25) is 0 Å². The van der Waals surface area contributed by atoms with E-state index in [0.717, 1.165) is 11.4 Å². The lowest BCUT2D eigenvalue weighted by molar-refractivity contribution is 0.522. The highest BCUT2D eigenvalue weighted by molar-refractivity contribution is 7.00. The topological polar surface area (TPSA) is 6.48 Å². The molecule has 11 aromatic carbocycles. The summed E-state index contributed by atoms with van der Waals surface area (Å²) in [5.74, 6) is 0. The Morgan fingerprint density at radius 3 is 1.36 bits per heavy atom. The maximum absolute atomic E-state index is 2.58. The number of rotatable bonds is 7. The van der Waals surface area contributed by atoms with Gasteiger partial charge in [0.25, 0.3) is 6.71 Å². The van der Waals surface area contributed by atoms with Crippen LogP contribution in [0.3, 0.4) is 0 Å². The van der Waals surface area contributed by atoms with Crippen LogP contribution in [0.4, 0.5) is 34.1 Å². The fourth-order valence-electron chi connectivity index (χ4n) is 13.1. The molecule has 0 unspecified atom stereocenters. The van der Waals surface area contributed by atoms with Gasteiger partial charge in [-0.25, -0.2) is 0 Å². The summed E-state index contributed by atoms with van der Waals surface area (Å²) in [5.41, 5.74) is 28.1. The van der Waals surface area contributed by atoms with Gasteiger partial charge in [-0.1, -0.05) is 246 Å². The van der Waals surface area contributed by atoms with Crippen LogP contribution in [0.2, 0.25) is 0 Å². The normalized spacial score (nSPS) is 14.3. The van der Waals surface area contributed by atoms with Gasteiger partial charge in [0.2, 0.25) is 0 Å². The third-order valence-corrected chi connectivity index (χ3v) is 16.7. The van der Waals surface area contributed by atoms with E-state index in [1.54, 1.807) is 0 Å². The van der Waals surface area contributed by atoms with E-state index < -0.39 is 0 Å². The Kier molecular flexibility index (Phi) is 10.4. The van der Waals surface area contributed by atoms with E-state index in [0.29, 0.717) is 0 Å². The minimum absolute atomic E-state index is 0.113. The van der Waals surface area contributed by atoms with Gasteiger partial charge in [-0.2, -0.15) is 0 Å². The van der Waals surface area contributed by atoms with Crippen LogP contribution in [0.15, 0.2) is 261 Å². The molecule has 0 amide bonds. The second-order valence-corrected chi connectivity index (χ2v) is 21.6. The van der Waals surface area contributed by atoms with Crippen molar-refractivity contribution in [3.05, 3.63) is 283 Å². The van der Waals surface area contributed by atoms with E-state index >= 15 is 0 Å². The molecule has 0 fully saturated rings. The fraction of sp³-hybridized carbons (Fsp3) is 0.0833. The summed E-state index contributed by atoms with van der Waals surface area (Å²) in [6.45, 7) is 9.56. The lowest BCUT2D eigenvalue weighted by Gasteiger charge is -2.46. The van der Waals surface area contributed by atoms with E-state index in [9.17, 15) is 0 Å². The third kappa shape index (κ3) is 7.09. The minimum atomic E-state index is -0.233. The van der Waals surface area contributed by atoms with Gasteiger partial charge < -0.3 is 9.80 Å². The number of nitrogens with zero attached hydrogens (tertiary/aromatic N) is 2. The summed E-state index contributed by atoms with van der Waals surface area (Å²) in [7, 11) is 0. The molecule has 0 atom stereocenters. The lowest BCUT2D eigenvalue weighted by atomic mass is 9.33. The maximum atomic E-state index is 2.58. The summed E-state index contributed by atoms with van der Waals surface area (Å²) >= 11 is 0. The van der Waals surface area contributed by atoms with Gasteiger partial charge in [-0.15, -0.1) is 0 Å². The number of fused-ring (bicyclic) bond motifs is 6. The van der Waals surface area contributed by atoms with Crippen LogP contribution in [0.5, 0.6) is 0 Å². The Morgan fingerprint density at radius 2 is 0.720 bits per heavy atom. The first-order valence-electron chi connectivity index (χ1n) is 26.5. The second kappa shape index (κ2) is 17.4. The molecule has 11 aromatic rings. The van der Waals surface area contributed by atoms with Crippen LogP contribution in [0.1, 0.15) is 49.9 Å². The summed E-state index contributed by atoms with van der Waals surface area (Å²) in [4.78, 5) is 5.14. The Hall–Kier alpha value is -8.92. The zero-order valence-electron chi connectivity index (χ0n) is 42.8. The number of para-hydroxylation sites is 1. The van der Waals surface area contributed by atoms with Crippen molar-refractivity contribution in [3.63, 3.8) is 0 Å². The van der Waals surface area contributed by atoms with Crippen LogP contribution in [0, 0.1) is 0 Å². The van der Waals surface area contributed by atoms with Crippen molar-refractivity contribution in [2.45, 2.75) is 38.5 Å². The van der Waals surface area contributed by atoms with E-state index in [-0.39, 0.29) is 17.5 Å². The number of anilines is 6. The van der Waals surface area contributed by atoms with Crippen LogP contribution in [-0.4, -0.2) is 6.71 Å². The van der Waals surface area contributed by atoms with E-state index in [4.69, 9.17) is 0 Å². The van der Waals surface area contributed by atoms with Gasteiger partial charge >= 0.3 is 0 Å². The van der Waals surface area contributed by atoms with Gasteiger partial charge in [0, 0.05) is 44.8 Å². The predicted molar refractivity (Wildman–Crippen MR) is 318 cm³/mol. The van der Waals surface area contributed by atoms with E-state index in [2.05, 4.69) is 298 Å². The van der Waals surface area contributed by atoms with E-state index in [1.165, 1.54) is 117 Å². The zero-order chi connectivity index (χ0) is 50.4. The molecule has 75 heavy (non-hydrogen) atoms. The standard InChI is InChI=1S/C72H55BN2/c1-71(2)59-32-18-19-33-60(59)72(3,4)69-58(31-21-34-61(69)71)54-39-43-65-63(45-54)73-62-44-53(49-24-11-6-12-25-49)38-42-66(62)75(64-35-20-17-30-57(64)52-28-15-8-16-29-52)68-47-55(50-26-13-7-14-27-50)46-67(70(68)73)74(65)56-40-36-51(37-41-56)48-22-9-5-10-23-48/h5-47H,1-4H3. The maximum Gasteiger partial charge on any atom is 0.252 e. The van der Waals surface area contributed by atoms with Crippen LogP contribution < -0.4 is 26.2 Å². The van der Waals surface area contributed by atoms with Crippen molar-refractivity contribution in [3.8, 4) is 55.6 Å². The number of hydrogen-bond donors (Lipinski definition) is 0. The van der Waals surface area contributed by atoms with Gasteiger partial charge in [0.05, 0.1) is 5.69 Å². The molecule has 0 aromatic heterocycles. The van der Waals surface area contributed by atoms with Crippen LogP contribution in [-0.2, 0) is 10.8 Å². The third-order valence-electron chi connectivity index (χ3n) is 16.7. The van der Waals surface area contributed by atoms with Crippen molar-refractivity contribution in [2.75, 3.05) is 9.80 Å². The highest BCUT2D eigenvalue weighted by Crippen LogP contribution is 2.54. The Labute approximate surface area is 442 Å². The highest BCUT2D eigenvalue weighted by atomic mass is 15.2. The van der Waals surface area contributed by atoms with Crippen molar-refractivity contribution in [1.29, 1.82) is 0 Å². The molecule has 2 aliphatic heterocycles. The molecule has 1 aliphatic carbocycles. The monoisotopic (exact) mass is 958 g/mol. The summed E-state index contributed by atoms with van der Waals surface area (Å²) in [5, 5.41) is 0. The molecule has 2 nitrogen and oxygen atoms in total. The molecule has 2 heterocycles. The average Bonchev–Trinajstić information content (AvgIpc) is 3.56. The van der Waals surface area contributed by atoms with Gasteiger partial charge in [0.15, 0.2) is 0 Å². The Bertz CT molecular complexity index is 3990. The molecule has 0 N–H and O–H groups in total. The molecule has 356 valence electrons. The molecule has 3 aliphatic rings.